The third kappa shape index (κ3) is 5.66. The fourth-order valence-electron chi connectivity index (χ4n) is 7.67. The summed E-state index contributed by atoms with van der Waals surface area (Å²) in [6.45, 7) is 0. The smallest absolute Gasteiger partial charge is 0.161 e. The fraction of sp³-hybridized carbons (Fsp3) is 0. The van der Waals surface area contributed by atoms with Gasteiger partial charge in [0.2, 0.25) is 0 Å². The van der Waals surface area contributed by atoms with Crippen molar-refractivity contribution in [3.8, 4) is 67.5 Å². The van der Waals surface area contributed by atoms with Crippen molar-refractivity contribution < 1.29 is 0 Å². The van der Waals surface area contributed by atoms with Gasteiger partial charge in [-0.3, -0.25) is 0 Å². The molecule has 0 amide bonds. The van der Waals surface area contributed by atoms with Crippen LogP contribution >= 0.6 is 22.7 Å². The van der Waals surface area contributed by atoms with Gasteiger partial charge in [-0.15, -0.1) is 22.7 Å². The summed E-state index contributed by atoms with van der Waals surface area (Å²) in [6.07, 6.45) is 0. The summed E-state index contributed by atoms with van der Waals surface area (Å²) in [5, 5.41) is 4.50. The van der Waals surface area contributed by atoms with E-state index in [4.69, 9.17) is 19.9 Å². The molecule has 7 aromatic carbocycles. The van der Waals surface area contributed by atoms with E-state index in [1.54, 1.807) is 22.7 Å². The SMILES string of the molecule is c1ccc(-c2cccc(-c3nc(-c4cccc(-c5nc(-c6cccc(-c7ccccc7)c6)c6c(n5)sc5ccccc56)c4)nc4sc5ccccc5c34)c2)cc1. The van der Waals surface area contributed by atoms with Crippen LogP contribution < -0.4 is 0 Å². The average molecular weight is 751 g/mol. The Morgan fingerprint density at radius 2 is 0.643 bits per heavy atom. The maximum Gasteiger partial charge on any atom is 0.161 e. The predicted octanol–water partition coefficient (Wildman–Crippen LogP) is 14.0. The molecule has 0 unspecified atom stereocenters. The maximum atomic E-state index is 5.37. The summed E-state index contributed by atoms with van der Waals surface area (Å²) in [6, 6.07) is 63.8. The molecule has 0 aliphatic rings. The van der Waals surface area contributed by atoms with Crippen molar-refractivity contribution in [2.24, 2.45) is 0 Å². The number of hydrogen-bond donors (Lipinski definition) is 0. The Hall–Kier alpha value is -6.86. The summed E-state index contributed by atoms with van der Waals surface area (Å²) in [7, 11) is 0. The van der Waals surface area contributed by atoms with E-state index in [1.165, 1.54) is 31.3 Å². The number of thiophene rings is 2. The molecule has 0 radical (unpaired) electrons. The lowest BCUT2D eigenvalue weighted by molar-refractivity contribution is 1.23. The second-order valence-electron chi connectivity index (χ2n) is 13.8. The summed E-state index contributed by atoms with van der Waals surface area (Å²) < 4.78 is 2.38. The van der Waals surface area contributed by atoms with E-state index in [0.29, 0.717) is 11.6 Å². The number of rotatable bonds is 6. The molecular weight excluding hydrogens is 721 g/mol. The Kier molecular flexibility index (Phi) is 7.83. The monoisotopic (exact) mass is 750 g/mol. The van der Waals surface area contributed by atoms with Gasteiger partial charge in [0.15, 0.2) is 11.6 Å². The highest BCUT2D eigenvalue weighted by molar-refractivity contribution is 7.26. The van der Waals surface area contributed by atoms with E-state index in [0.717, 1.165) is 65.2 Å². The second kappa shape index (κ2) is 13.5. The van der Waals surface area contributed by atoms with E-state index >= 15 is 0 Å². The van der Waals surface area contributed by atoms with Crippen LogP contribution in [0.4, 0.5) is 0 Å². The Balaban J connectivity index is 1.08. The van der Waals surface area contributed by atoms with Crippen molar-refractivity contribution in [2.75, 3.05) is 0 Å². The molecule has 262 valence electrons. The van der Waals surface area contributed by atoms with Crippen LogP contribution in [0.3, 0.4) is 0 Å². The van der Waals surface area contributed by atoms with E-state index in [-0.39, 0.29) is 0 Å². The van der Waals surface area contributed by atoms with Crippen molar-refractivity contribution in [1.82, 2.24) is 19.9 Å². The first-order valence-corrected chi connectivity index (χ1v) is 20.2. The molecule has 56 heavy (non-hydrogen) atoms. The fourth-order valence-corrected chi connectivity index (χ4v) is 9.82. The Labute approximate surface area is 331 Å². The van der Waals surface area contributed by atoms with Gasteiger partial charge >= 0.3 is 0 Å². The van der Waals surface area contributed by atoms with Crippen molar-refractivity contribution in [1.29, 1.82) is 0 Å². The summed E-state index contributed by atoms with van der Waals surface area (Å²) in [5.41, 5.74) is 10.4. The number of hydrogen-bond acceptors (Lipinski definition) is 6. The lowest BCUT2D eigenvalue weighted by Crippen LogP contribution is -1.96. The van der Waals surface area contributed by atoms with E-state index < -0.39 is 0 Å². The van der Waals surface area contributed by atoms with Crippen molar-refractivity contribution >= 4 is 63.3 Å². The zero-order valence-corrected chi connectivity index (χ0v) is 31.6. The molecule has 0 aliphatic heterocycles. The molecule has 11 aromatic rings. The average Bonchev–Trinajstić information content (AvgIpc) is 3.85. The minimum absolute atomic E-state index is 0.671. The number of fused-ring (bicyclic) bond motifs is 6. The van der Waals surface area contributed by atoms with Crippen LogP contribution in [0.1, 0.15) is 0 Å². The highest BCUT2D eigenvalue weighted by atomic mass is 32.1. The zero-order chi connectivity index (χ0) is 37.0. The van der Waals surface area contributed by atoms with Gasteiger partial charge in [0, 0.05) is 53.2 Å². The molecule has 0 saturated carbocycles. The van der Waals surface area contributed by atoms with Gasteiger partial charge in [-0.25, -0.2) is 19.9 Å². The first-order valence-electron chi connectivity index (χ1n) is 18.5. The summed E-state index contributed by atoms with van der Waals surface area (Å²) in [4.78, 5) is 23.1. The molecule has 6 heteroatoms. The largest absolute Gasteiger partial charge is 0.227 e. The van der Waals surface area contributed by atoms with E-state index in [9.17, 15) is 0 Å². The Bertz CT molecular complexity index is 3040. The van der Waals surface area contributed by atoms with Gasteiger partial charge in [-0.1, -0.05) is 152 Å². The topological polar surface area (TPSA) is 51.6 Å². The Morgan fingerprint density at radius 3 is 1.11 bits per heavy atom. The molecule has 4 nitrogen and oxygen atoms in total. The lowest BCUT2D eigenvalue weighted by atomic mass is 9.99. The van der Waals surface area contributed by atoms with Crippen LogP contribution in [-0.2, 0) is 0 Å². The van der Waals surface area contributed by atoms with Crippen LogP contribution in [0.15, 0.2) is 182 Å². The predicted molar refractivity (Wildman–Crippen MR) is 236 cm³/mol. The Morgan fingerprint density at radius 1 is 0.286 bits per heavy atom. The van der Waals surface area contributed by atoms with Gasteiger partial charge in [-0.2, -0.15) is 0 Å². The molecule has 4 aromatic heterocycles. The van der Waals surface area contributed by atoms with E-state index in [2.05, 4.69) is 182 Å². The van der Waals surface area contributed by atoms with Gasteiger partial charge < -0.3 is 0 Å². The third-order valence-corrected chi connectivity index (χ3v) is 12.5. The quantitative estimate of drug-likeness (QED) is 0.170. The van der Waals surface area contributed by atoms with Crippen molar-refractivity contribution in [3.63, 3.8) is 0 Å². The molecule has 4 heterocycles. The van der Waals surface area contributed by atoms with Gasteiger partial charge in [-0.05, 0) is 52.6 Å². The maximum absolute atomic E-state index is 5.37. The van der Waals surface area contributed by atoms with Gasteiger partial charge in [0.1, 0.15) is 9.66 Å². The minimum atomic E-state index is 0.671. The molecule has 0 saturated heterocycles. The first kappa shape index (κ1) is 32.6. The molecule has 0 aliphatic carbocycles. The number of nitrogens with zero attached hydrogens (tertiary/aromatic N) is 4. The number of benzene rings is 7. The van der Waals surface area contributed by atoms with Crippen LogP contribution in [0.25, 0.3) is 108 Å². The zero-order valence-electron chi connectivity index (χ0n) is 29.9. The summed E-state index contributed by atoms with van der Waals surface area (Å²) in [5.74, 6) is 1.34. The standard InChI is InChI=1S/C50H30N4S2/c1-3-14-31(15-4-1)33-18-11-20-35(28-33)45-43-39-24-7-9-26-41(39)55-49(43)53-47(51-45)37-22-13-23-38(30-37)48-52-46(44-40-25-8-10-27-42(40)56-50(44)54-48)36-21-12-19-34(29-36)32-16-5-2-6-17-32/h1-30H. The van der Waals surface area contributed by atoms with Crippen LogP contribution in [0.2, 0.25) is 0 Å². The highest BCUT2D eigenvalue weighted by Gasteiger charge is 2.20. The van der Waals surface area contributed by atoms with Gasteiger partial charge in [0.05, 0.1) is 11.4 Å². The molecular formula is C50H30N4S2. The second-order valence-corrected chi connectivity index (χ2v) is 15.9. The lowest BCUT2D eigenvalue weighted by Gasteiger charge is -2.11. The normalized spacial score (nSPS) is 11.6. The first-order chi connectivity index (χ1) is 27.7. The number of aromatic nitrogens is 4. The van der Waals surface area contributed by atoms with Crippen LogP contribution in [0.5, 0.6) is 0 Å². The molecule has 0 fully saturated rings. The van der Waals surface area contributed by atoms with Crippen molar-refractivity contribution in [3.05, 3.63) is 182 Å². The van der Waals surface area contributed by atoms with Crippen molar-refractivity contribution in [2.45, 2.75) is 0 Å². The highest BCUT2D eigenvalue weighted by Crippen LogP contribution is 2.42. The molecule has 0 atom stereocenters. The summed E-state index contributed by atoms with van der Waals surface area (Å²) >= 11 is 3.42. The third-order valence-electron chi connectivity index (χ3n) is 10.3. The molecule has 0 bridgehead atoms. The molecule has 0 N–H and O–H groups in total. The van der Waals surface area contributed by atoms with Gasteiger partial charge in [0.25, 0.3) is 0 Å². The van der Waals surface area contributed by atoms with E-state index in [1.807, 2.05) is 0 Å². The minimum Gasteiger partial charge on any atom is -0.227 e. The van der Waals surface area contributed by atoms with Crippen LogP contribution in [-0.4, -0.2) is 19.9 Å². The van der Waals surface area contributed by atoms with Crippen LogP contribution in [0, 0.1) is 0 Å². The molecule has 11 rings (SSSR count). The molecule has 0 spiro atoms.